The van der Waals surface area contributed by atoms with E-state index in [1.807, 2.05) is 10.8 Å². The fraction of sp³-hybridized carbons (Fsp3) is 0.542. The van der Waals surface area contributed by atoms with Gasteiger partial charge < -0.3 is 14.6 Å². The number of anilines is 1. The number of halogens is 1. The van der Waals surface area contributed by atoms with Crippen LogP contribution in [0.3, 0.4) is 0 Å². The minimum Gasteiger partial charge on any atom is -0.465 e. The molecule has 2 unspecified atom stereocenters. The van der Waals surface area contributed by atoms with Crippen molar-refractivity contribution in [2.24, 2.45) is 5.41 Å². The quantitative estimate of drug-likeness (QED) is 0.568. The molecule has 1 saturated heterocycles. The number of hydrazine groups is 1. The monoisotopic (exact) mass is 473 g/mol. The molecule has 1 saturated carbocycles. The first-order valence-corrected chi connectivity index (χ1v) is 12.1. The van der Waals surface area contributed by atoms with Gasteiger partial charge in [-0.25, -0.2) is 20.6 Å². The highest BCUT2D eigenvalue weighted by molar-refractivity contribution is 6.31. The summed E-state index contributed by atoms with van der Waals surface area (Å²) in [5.74, 6) is -0.710. The fourth-order valence-electron chi connectivity index (χ4n) is 5.25. The Balaban J connectivity index is 1.61. The number of hydrogen-bond donors (Lipinski definition) is 3. The van der Waals surface area contributed by atoms with Gasteiger partial charge in [0.15, 0.2) is 0 Å². The van der Waals surface area contributed by atoms with Crippen molar-refractivity contribution in [1.29, 1.82) is 0 Å². The first-order valence-electron chi connectivity index (χ1n) is 11.7. The number of aromatic nitrogens is 2. The van der Waals surface area contributed by atoms with Gasteiger partial charge in [-0.1, -0.05) is 50.1 Å². The highest BCUT2D eigenvalue weighted by Crippen LogP contribution is 2.45. The third-order valence-corrected chi connectivity index (χ3v) is 7.23. The zero-order chi connectivity index (χ0) is 23.3. The van der Waals surface area contributed by atoms with E-state index in [0.717, 1.165) is 32.1 Å². The Morgan fingerprint density at radius 2 is 1.88 bits per heavy atom. The number of esters is 1. The maximum absolute atomic E-state index is 13.6. The number of carbonyl (C=O) groups excluding carboxylic acids is 2. The average Bonchev–Trinajstić information content (AvgIpc) is 3.38. The zero-order valence-corrected chi connectivity index (χ0v) is 19.7. The second-order valence-corrected chi connectivity index (χ2v) is 9.54. The molecule has 1 aliphatic heterocycles. The maximum Gasteiger partial charge on any atom is 0.340 e. The third kappa shape index (κ3) is 5.39. The van der Waals surface area contributed by atoms with Gasteiger partial charge in [-0.05, 0) is 42.9 Å². The number of nitrogens with one attached hydrogen (secondary N) is 3. The van der Waals surface area contributed by atoms with E-state index >= 15 is 0 Å². The van der Waals surface area contributed by atoms with Crippen LogP contribution in [-0.4, -0.2) is 34.6 Å². The van der Waals surface area contributed by atoms with Gasteiger partial charge in [0, 0.05) is 17.4 Å². The van der Waals surface area contributed by atoms with E-state index in [1.165, 1.54) is 38.9 Å². The van der Waals surface area contributed by atoms with Gasteiger partial charge in [0.1, 0.15) is 6.04 Å². The van der Waals surface area contributed by atoms with Crippen LogP contribution in [-0.2, 0) is 9.53 Å². The molecule has 4 rings (SSSR count). The molecular formula is C24H32ClN5O3. The Kier molecular flexibility index (Phi) is 7.67. The number of hydrogen-bond acceptors (Lipinski definition) is 6. The Hall–Kier alpha value is -2.42. The molecule has 0 bridgehead atoms. The number of nitrogens with zero attached hydrogens (tertiary/aromatic N) is 2. The fourth-order valence-corrected chi connectivity index (χ4v) is 5.42. The van der Waals surface area contributed by atoms with Gasteiger partial charge >= 0.3 is 5.97 Å². The Bertz CT molecular complexity index is 955. The van der Waals surface area contributed by atoms with Crippen molar-refractivity contribution in [2.45, 2.75) is 70.0 Å². The summed E-state index contributed by atoms with van der Waals surface area (Å²) in [6.45, 7) is 0. The summed E-state index contributed by atoms with van der Waals surface area (Å²) in [5, 5.41) is 3.38. The molecule has 2 aromatic rings. The van der Waals surface area contributed by atoms with Gasteiger partial charge in [0.05, 0.1) is 30.9 Å². The number of benzene rings is 1. The number of amides is 1. The van der Waals surface area contributed by atoms with Crippen molar-refractivity contribution < 1.29 is 14.3 Å². The van der Waals surface area contributed by atoms with Crippen LogP contribution < -0.4 is 16.2 Å². The molecule has 1 aliphatic carbocycles. The van der Waals surface area contributed by atoms with Gasteiger partial charge in [-0.15, -0.1) is 0 Å². The molecule has 33 heavy (non-hydrogen) atoms. The molecule has 1 aromatic carbocycles. The Morgan fingerprint density at radius 3 is 2.55 bits per heavy atom. The topological polar surface area (TPSA) is 97.3 Å². The van der Waals surface area contributed by atoms with Crippen molar-refractivity contribution in [2.75, 3.05) is 12.4 Å². The van der Waals surface area contributed by atoms with E-state index in [4.69, 9.17) is 16.3 Å². The van der Waals surface area contributed by atoms with E-state index in [9.17, 15) is 9.59 Å². The standard InChI is InChI=1S/C24H32ClN5O3/c1-33-23(32)18-14-17(25)8-9-19(18)27-22(31)21-24(10-6-4-2-3-5-7-11-24)15-20(28-29-21)30-13-12-26-16-30/h8-9,12-14,16,20-21,28-29H,2-7,10-11,15H2,1H3,(H,27,31). The SMILES string of the molecule is COC(=O)c1cc(Cl)ccc1NC(=O)C1NNC(n2ccnc2)CC12CCCCCCCC2. The van der Waals surface area contributed by atoms with Crippen molar-refractivity contribution in [3.63, 3.8) is 0 Å². The van der Waals surface area contributed by atoms with E-state index in [-0.39, 0.29) is 23.1 Å². The second kappa shape index (κ2) is 10.7. The minimum atomic E-state index is -0.542. The Labute approximate surface area is 199 Å². The van der Waals surface area contributed by atoms with Crippen LogP contribution >= 0.6 is 11.6 Å². The molecule has 3 N–H and O–H groups in total. The molecular weight excluding hydrogens is 442 g/mol. The third-order valence-electron chi connectivity index (χ3n) is 7.00. The highest BCUT2D eigenvalue weighted by Gasteiger charge is 2.47. The lowest BCUT2D eigenvalue weighted by atomic mass is 9.68. The van der Waals surface area contributed by atoms with Crippen LogP contribution in [0.25, 0.3) is 0 Å². The predicted octanol–water partition coefficient (Wildman–Crippen LogP) is 4.45. The van der Waals surface area contributed by atoms with Crippen molar-refractivity contribution in [3.05, 3.63) is 47.5 Å². The highest BCUT2D eigenvalue weighted by atomic mass is 35.5. The Morgan fingerprint density at radius 1 is 1.15 bits per heavy atom. The maximum atomic E-state index is 13.6. The summed E-state index contributed by atoms with van der Waals surface area (Å²) in [7, 11) is 1.31. The molecule has 1 spiro atoms. The van der Waals surface area contributed by atoms with Crippen LogP contribution in [0.1, 0.15) is 74.3 Å². The van der Waals surface area contributed by atoms with Crippen LogP contribution in [0.4, 0.5) is 5.69 Å². The molecule has 2 fully saturated rings. The normalized spacial score (nSPS) is 23.2. The first kappa shape index (κ1) is 23.7. The van der Waals surface area contributed by atoms with Crippen LogP contribution in [0.5, 0.6) is 0 Å². The predicted molar refractivity (Wildman–Crippen MR) is 127 cm³/mol. The molecule has 2 heterocycles. The minimum absolute atomic E-state index is 0.0125. The summed E-state index contributed by atoms with van der Waals surface area (Å²) in [6.07, 6.45) is 15.3. The van der Waals surface area contributed by atoms with Crippen molar-refractivity contribution >= 4 is 29.2 Å². The number of rotatable bonds is 4. The lowest BCUT2D eigenvalue weighted by molar-refractivity contribution is -0.125. The molecule has 2 atom stereocenters. The van der Waals surface area contributed by atoms with Gasteiger partial charge in [-0.3, -0.25) is 4.79 Å². The summed E-state index contributed by atoms with van der Waals surface area (Å²) >= 11 is 6.08. The van der Waals surface area contributed by atoms with Gasteiger partial charge in [0.25, 0.3) is 0 Å². The zero-order valence-electron chi connectivity index (χ0n) is 19.0. The molecule has 0 radical (unpaired) electrons. The molecule has 178 valence electrons. The van der Waals surface area contributed by atoms with Crippen molar-refractivity contribution in [1.82, 2.24) is 20.4 Å². The molecule has 9 heteroatoms. The van der Waals surface area contributed by atoms with Crippen LogP contribution in [0, 0.1) is 5.41 Å². The lowest BCUT2D eigenvalue weighted by Crippen LogP contribution is -2.63. The van der Waals surface area contributed by atoms with E-state index in [1.54, 1.807) is 24.7 Å². The van der Waals surface area contributed by atoms with Gasteiger partial charge in [0.2, 0.25) is 5.91 Å². The average molecular weight is 474 g/mol. The first-order chi connectivity index (χ1) is 16.0. The van der Waals surface area contributed by atoms with Crippen LogP contribution in [0.2, 0.25) is 5.02 Å². The number of carbonyl (C=O) groups is 2. The summed E-state index contributed by atoms with van der Waals surface area (Å²) in [5.41, 5.74) is 7.06. The smallest absolute Gasteiger partial charge is 0.340 e. The number of methoxy groups -OCH3 is 1. The van der Waals surface area contributed by atoms with E-state index < -0.39 is 12.0 Å². The molecule has 1 amide bonds. The lowest BCUT2D eigenvalue weighted by Gasteiger charge is -2.47. The summed E-state index contributed by atoms with van der Waals surface area (Å²) < 4.78 is 6.93. The molecule has 2 aliphatic rings. The van der Waals surface area contributed by atoms with Gasteiger partial charge in [-0.2, -0.15) is 0 Å². The van der Waals surface area contributed by atoms with E-state index in [2.05, 4.69) is 21.2 Å². The number of ether oxygens (including phenoxy) is 1. The van der Waals surface area contributed by atoms with Crippen LogP contribution in [0.15, 0.2) is 36.9 Å². The summed E-state index contributed by atoms with van der Waals surface area (Å²) in [4.78, 5) is 30.1. The summed E-state index contributed by atoms with van der Waals surface area (Å²) in [6, 6.07) is 4.37. The molecule has 8 nitrogen and oxygen atoms in total. The van der Waals surface area contributed by atoms with E-state index in [0.29, 0.717) is 10.7 Å². The number of imidazole rings is 1. The molecule has 1 aromatic heterocycles. The largest absolute Gasteiger partial charge is 0.465 e. The second-order valence-electron chi connectivity index (χ2n) is 9.11. The van der Waals surface area contributed by atoms with Crippen molar-refractivity contribution in [3.8, 4) is 0 Å².